The van der Waals surface area contributed by atoms with Crippen molar-refractivity contribution in [2.75, 3.05) is 32.8 Å². The molecular formula is C12H26N2O. The normalized spacial score (nSPS) is 23.6. The minimum absolute atomic E-state index is 0.325. The van der Waals surface area contributed by atoms with Crippen molar-refractivity contribution in [1.82, 2.24) is 10.2 Å². The maximum Gasteiger partial charge on any atom is 0.0443 e. The lowest BCUT2D eigenvalue weighted by Crippen LogP contribution is -2.41. The fourth-order valence-corrected chi connectivity index (χ4v) is 2.22. The summed E-state index contributed by atoms with van der Waals surface area (Å²) in [6.07, 6.45) is 3.59. The largest absolute Gasteiger partial charge is 0.396 e. The van der Waals surface area contributed by atoms with Gasteiger partial charge in [0.2, 0.25) is 0 Å². The van der Waals surface area contributed by atoms with Gasteiger partial charge in [-0.25, -0.2) is 0 Å². The molecule has 90 valence electrons. The Labute approximate surface area is 93.9 Å². The molecule has 3 heteroatoms. The minimum Gasteiger partial charge on any atom is -0.396 e. The summed E-state index contributed by atoms with van der Waals surface area (Å²) in [6, 6.07) is 0.595. The number of aliphatic hydroxyl groups is 1. The Balaban J connectivity index is 2.17. The van der Waals surface area contributed by atoms with Gasteiger partial charge in [0.15, 0.2) is 0 Å². The van der Waals surface area contributed by atoms with E-state index in [1.807, 2.05) is 0 Å². The number of rotatable bonds is 6. The lowest BCUT2D eigenvalue weighted by Gasteiger charge is -2.33. The highest BCUT2D eigenvalue weighted by molar-refractivity contribution is 4.75. The van der Waals surface area contributed by atoms with Crippen LogP contribution in [0.5, 0.6) is 0 Å². The van der Waals surface area contributed by atoms with Gasteiger partial charge in [0, 0.05) is 25.7 Å². The first-order chi connectivity index (χ1) is 7.22. The predicted octanol–water partition coefficient (Wildman–Crippen LogP) is 1.08. The second-order valence-corrected chi connectivity index (χ2v) is 4.95. The van der Waals surface area contributed by atoms with Gasteiger partial charge in [0.1, 0.15) is 0 Å². The molecule has 1 aliphatic heterocycles. The molecule has 0 spiro atoms. The number of nitrogens with zero attached hydrogens (tertiary/aromatic N) is 1. The number of likely N-dealkylation sites (tertiary alicyclic amines) is 1. The summed E-state index contributed by atoms with van der Waals surface area (Å²) in [6.45, 7) is 9.37. The van der Waals surface area contributed by atoms with Crippen molar-refractivity contribution in [3.8, 4) is 0 Å². The zero-order chi connectivity index (χ0) is 11.1. The molecule has 1 atom stereocenters. The molecule has 0 aliphatic carbocycles. The van der Waals surface area contributed by atoms with Crippen molar-refractivity contribution in [2.45, 2.75) is 39.2 Å². The van der Waals surface area contributed by atoms with Crippen LogP contribution in [0.2, 0.25) is 0 Å². The standard InChI is InChI=1S/C12H26N2O/c1-11(2)13-9-12-5-3-6-14(10-12)7-4-8-15/h11-13,15H,3-10H2,1-2H3. The highest BCUT2D eigenvalue weighted by atomic mass is 16.3. The van der Waals surface area contributed by atoms with Crippen LogP contribution in [0.1, 0.15) is 33.1 Å². The lowest BCUT2D eigenvalue weighted by atomic mass is 9.97. The van der Waals surface area contributed by atoms with Crippen molar-refractivity contribution in [3.63, 3.8) is 0 Å². The zero-order valence-electron chi connectivity index (χ0n) is 10.2. The molecule has 0 aromatic rings. The average Bonchev–Trinajstić information content (AvgIpc) is 2.24. The van der Waals surface area contributed by atoms with Crippen LogP contribution in [0.4, 0.5) is 0 Å². The molecule has 0 saturated carbocycles. The highest BCUT2D eigenvalue weighted by Gasteiger charge is 2.19. The number of piperidine rings is 1. The van der Waals surface area contributed by atoms with E-state index >= 15 is 0 Å². The molecule has 1 aliphatic rings. The smallest absolute Gasteiger partial charge is 0.0443 e. The van der Waals surface area contributed by atoms with Crippen LogP contribution in [0.25, 0.3) is 0 Å². The van der Waals surface area contributed by atoms with Crippen LogP contribution in [0.3, 0.4) is 0 Å². The van der Waals surface area contributed by atoms with E-state index in [4.69, 9.17) is 5.11 Å². The van der Waals surface area contributed by atoms with Gasteiger partial charge in [-0.05, 0) is 38.3 Å². The summed E-state index contributed by atoms with van der Waals surface area (Å²) >= 11 is 0. The topological polar surface area (TPSA) is 35.5 Å². The molecule has 1 fully saturated rings. The number of aliphatic hydroxyl groups excluding tert-OH is 1. The second-order valence-electron chi connectivity index (χ2n) is 4.95. The van der Waals surface area contributed by atoms with Gasteiger partial charge in [-0.3, -0.25) is 0 Å². The third kappa shape index (κ3) is 5.50. The highest BCUT2D eigenvalue weighted by Crippen LogP contribution is 2.15. The third-order valence-electron chi connectivity index (χ3n) is 3.05. The fraction of sp³-hybridized carbons (Fsp3) is 1.00. The van der Waals surface area contributed by atoms with Crippen LogP contribution in [0, 0.1) is 5.92 Å². The molecular weight excluding hydrogens is 188 g/mol. The Morgan fingerprint density at radius 3 is 2.93 bits per heavy atom. The average molecular weight is 214 g/mol. The Morgan fingerprint density at radius 2 is 2.27 bits per heavy atom. The van der Waals surface area contributed by atoms with E-state index in [2.05, 4.69) is 24.1 Å². The molecule has 0 bridgehead atoms. The number of hydrogen-bond acceptors (Lipinski definition) is 3. The van der Waals surface area contributed by atoms with E-state index in [0.717, 1.165) is 25.4 Å². The molecule has 1 saturated heterocycles. The maximum absolute atomic E-state index is 8.80. The summed E-state index contributed by atoms with van der Waals surface area (Å²) in [5.41, 5.74) is 0. The zero-order valence-corrected chi connectivity index (χ0v) is 10.2. The van der Waals surface area contributed by atoms with Crippen molar-refractivity contribution >= 4 is 0 Å². The summed E-state index contributed by atoms with van der Waals surface area (Å²) in [7, 11) is 0. The summed E-state index contributed by atoms with van der Waals surface area (Å²) < 4.78 is 0. The third-order valence-corrected chi connectivity index (χ3v) is 3.05. The van der Waals surface area contributed by atoms with Crippen LogP contribution in [-0.4, -0.2) is 48.8 Å². The second kappa shape index (κ2) is 7.20. The van der Waals surface area contributed by atoms with Crippen LogP contribution in [-0.2, 0) is 0 Å². The summed E-state index contributed by atoms with van der Waals surface area (Å²) in [5.74, 6) is 0.805. The summed E-state index contributed by atoms with van der Waals surface area (Å²) in [5, 5.41) is 12.3. The molecule has 0 amide bonds. The van der Waals surface area contributed by atoms with Gasteiger partial charge in [-0.15, -0.1) is 0 Å². The van der Waals surface area contributed by atoms with Gasteiger partial charge in [-0.2, -0.15) is 0 Å². The first-order valence-corrected chi connectivity index (χ1v) is 6.29. The van der Waals surface area contributed by atoms with Crippen LogP contribution in [0.15, 0.2) is 0 Å². The first kappa shape index (κ1) is 12.9. The molecule has 1 rings (SSSR count). The van der Waals surface area contributed by atoms with Crippen molar-refractivity contribution in [2.24, 2.45) is 5.92 Å². The predicted molar refractivity (Wildman–Crippen MR) is 64.0 cm³/mol. The summed E-state index contributed by atoms with van der Waals surface area (Å²) in [4.78, 5) is 2.49. The minimum atomic E-state index is 0.325. The Bertz CT molecular complexity index is 162. The Kier molecular flexibility index (Phi) is 6.22. The first-order valence-electron chi connectivity index (χ1n) is 6.29. The molecule has 2 N–H and O–H groups in total. The monoisotopic (exact) mass is 214 g/mol. The van der Waals surface area contributed by atoms with E-state index in [1.54, 1.807) is 0 Å². The van der Waals surface area contributed by atoms with E-state index in [-0.39, 0.29) is 0 Å². The Morgan fingerprint density at radius 1 is 1.47 bits per heavy atom. The van der Waals surface area contributed by atoms with E-state index < -0.39 is 0 Å². The number of hydrogen-bond donors (Lipinski definition) is 2. The molecule has 1 heterocycles. The molecule has 0 radical (unpaired) electrons. The SMILES string of the molecule is CC(C)NCC1CCCN(CCCO)C1. The van der Waals surface area contributed by atoms with Gasteiger partial charge in [-0.1, -0.05) is 13.8 Å². The molecule has 1 unspecified atom stereocenters. The van der Waals surface area contributed by atoms with Gasteiger partial charge >= 0.3 is 0 Å². The van der Waals surface area contributed by atoms with E-state index in [9.17, 15) is 0 Å². The van der Waals surface area contributed by atoms with Crippen molar-refractivity contribution < 1.29 is 5.11 Å². The maximum atomic E-state index is 8.80. The lowest BCUT2D eigenvalue weighted by molar-refractivity contribution is 0.156. The quantitative estimate of drug-likeness (QED) is 0.694. The van der Waals surface area contributed by atoms with Crippen LogP contribution >= 0.6 is 0 Å². The van der Waals surface area contributed by atoms with Gasteiger partial charge in [0.25, 0.3) is 0 Å². The van der Waals surface area contributed by atoms with Gasteiger partial charge < -0.3 is 15.3 Å². The van der Waals surface area contributed by atoms with Crippen LogP contribution < -0.4 is 5.32 Å². The van der Waals surface area contributed by atoms with Gasteiger partial charge in [0.05, 0.1) is 0 Å². The van der Waals surface area contributed by atoms with Crippen molar-refractivity contribution in [3.05, 3.63) is 0 Å². The molecule has 15 heavy (non-hydrogen) atoms. The van der Waals surface area contributed by atoms with E-state index in [1.165, 1.54) is 25.9 Å². The molecule has 3 nitrogen and oxygen atoms in total. The fourth-order valence-electron chi connectivity index (χ4n) is 2.22. The number of nitrogens with one attached hydrogen (secondary N) is 1. The van der Waals surface area contributed by atoms with Crippen molar-refractivity contribution in [1.29, 1.82) is 0 Å². The molecule has 0 aromatic carbocycles. The Hall–Kier alpha value is -0.120. The molecule has 0 aromatic heterocycles. The van der Waals surface area contributed by atoms with E-state index in [0.29, 0.717) is 12.6 Å².